The van der Waals surface area contributed by atoms with E-state index in [1.54, 1.807) is 43.4 Å². The Balaban J connectivity index is 0.000000143. The third-order valence-corrected chi connectivity index (χ3v) is 16.9. The number of halogens is 2. The Morgan fingerprint density at radius 1 is 0.750 bits per heavy atom. The molecule has 10 aliphatic rings. The highest BCUT2D eigenvalue weighted by atomic mass is 32.1. The molecule has 8 bridgehead atoms. The zero-order valence-corrected chi connectivity index (χ0v) is 35.8. The van der Waals surface area contributed by atoms with Gasteiger partial charge in [0.15, 0.2) is 0 Å². The second-order valence-electron chi connectivity index (χ2n) is 19.5. The smallest absolute Gasteiger partial charge is 0.129 e. The molecule has 4 heterocycles. The molecule has 316 valence electrons. The lowest BCUT2D eigenvalue weighted by atomic mass is 9.44. The summed E-state index contributed by atoms with van der Waals surface area (Å²) >= 11 is 3.53. The van der Waals surface area contributed by atoms with Crippen molar-refractivity contribution in [2.45, 2.75) is 108 Å². The van der Waals surface area contributed by atoms with Crippen molar-refractivity contribution in [2.75, 3.05) is 12.8 Å². The fourth-order valence-corrected chi connectivity index (χ4v) is 15.1. The molecule has 0 spiro atoms. The third kappa shape index (κ3) is 6.54. The molecule has 8 saturated carbocycles. The van der Waals surface area contributed by atoms with Crippen LogP contribution in [0.15, 0.2) is 61.4 Å². The molecule has 0 saturated heterocycles. The van der Waals surface area contributed by atoms with Crippen molar-refractivity contribution in [3.8, 4) is 28.6 Å². The summed E-state index contributed by atoms with van der Waals surface area (Å²) in [5.74, 6) is 4.03. The Morgan fingerprint density at radius 2 is 1.17 bits per heavy atom. The van der Waals surface area contributed by atoms with Gasteiger partial charge in [-0.3, -0.25) is 0 Å². The molecule has 8 unspecified atom stereocenters. The van der Waals surface area contributed by atoms with Crippen LogP contribution in [0.2, 0.25) is 6.82 Å². The summed E-state index contributed by atoms with van der Waals surface area (Å²) in [6.07, 6.45) is 20.2. The second kappa shape index (κ2) is 16.3. The topological polar surface area (TPSA) is 126 Å². The highest BCUT2D eigenvalue weighted by Crippen LogP contribution is 2.65. The number of nitriles is 1. The van der Waals surface area contributed by atoms with Crippen LogP contribution in [0.1, 0.15) is 100 Å². The highest BCUT2D eigenvalue weighted by molar-refractivity contribution is 7.79. The largest absolute Gasteiger partial charge is 0.392 e. The van der Waals surface area contributed by atoms with E-state index in [1.165, 1.54) is 31.8 Å². The van der Waals surface area contributed by atoms with Crippen LogP contribution in [0, 0.1) is 81.1 Å². The molecule has 60 heavy (non-hydrogen) atoms. The first-order valence-electron chi connectivity index (χ1n) is 22.3. The van der Waals surface area contributed by atoms with Gasteiger partial charge < -0.3 is 25.1 Å². The van der Waals surface area contributed by atoms with Gasteiger partial charge in [0.1, 0.15) is 11.6 Å². The van der Waals surface area contributed by atoms with Crippen molar-refractivity contribution in [2.24, 2.45) is 63.9 Å². The molecule has 0 amide bonds. The first kappa shape index (κ1) is 41.8. The second-order valence-corrected chi connectivity index (χ2v) is 19.5. The summed E-state index contributed by atoms with van der Waals surface area (Å²) < 4.78 is 33.6. The number of nitrogens with two attached hydrogens (primary N) is 1. The van der Waals surface area contributed by atoms with Crippen LogP contribution in [-0.2, 0) is 0 Å². The van der Waals surface area contributed by atoms with E-state index in [2.05, 4.69) is 41.1 Å². The van der Waals surface area contributed by atoms with Gasteiger partial charge in [-0.1, -0.05) is 31.1 Å². The van der Waals surface area contributed by atoms with Gasteiger partial charge in [-0.05, 0) is 154 Å². The van der Waals surface area contributed by atoms with E-state index >= 15 is 0 Å². The van der Waals surface area contributed by atoms with Gasteiger partial charge in [0, 0.05) is 22.3 Å². The molecular formula is C48H59BF2N6O2S. The molecule has 2 radical (unpaired) electrons. The fraction of sp³-hybridized carbons (Fsp3) is 0.604. The van der Waals surface area contributed by atoms with Crippen molar-refractivity contribution < 1.29 is 19.0 Å². The van der Waals surface area contributed by atoms with Crippen LogP contribution in [0.4, 0.5) is 8.78 Å². The molecule has 8 atom stereocenters. The average molecular weight is 833 g/mol. The van der Waals surface area contributed by atoms with E-state index in [1.807, 2.05) is 16.7 Å². The molecule has 4 N–H and O–H groups in total. The minimum absolute atomic E-state index is 0.00305. The maximum absolute atomic E-state index is 14.8. The van der Waals surface area contributed by atoms with E-state index in [4.69, 9.17) is 5.73 Å². The minimum atomic E-state index is -0.481. The minimum Gasteiger partial charge on any atom is -0.392 e. The van der Waals surface area contributed by atoms with Crippen LogP contribution in [-0.4, -0.2) is 62.2 Å². The van der Waals surface area contributed by atoms with E-state index < -0.39 is 12.2 Å². The van der Waals surface area contributed by atoms with Gasteiger partial charge in [-0.15, -0.1) is 0 Å². The summed E-state index contributed by atoms with van der Waals surface area (Å²) in [6.45, 7) is 2.29. The Morgan fingerprint density at radius 3 is 1.58 bits per heavy atom. The number of nitrogens with zero attached hydrogens (tertiary/aromatic N) is 5. The van der Waals surface area contributed by atoms with Crippen molar-refractivity contribution in [3.63, 3.8) is 0 Å². The van der Waals surface area contributed by atoms with Crippen LogP contribution in [0.25, 0.3) is 22.5 Å². The number of hydrogen-bond acceptors (Lipinski definition) is 7. The number of aromatic nitrogens is 4. The predicted octanol–water partition coefficient (Wildman–Crippen LogP) is 8.80. The van der Waals surface area contributed by atoms with Gasteiger partial charge in [0.25, 0.3) is 0 Å². The van der Waals surface area contributed by atoms with E-state index in [0.717, 1.165) is 91.9 Å². The van der Waals surface area contributed by atoms with Gasteiger partial charge in [0.05, 0.1) is 80.6 Å². The number of thiol groups is 1. The van der Waals surface area contributed by atoms with Crippen molar-refractivity contribution in [3.05, 3.63) is 84.2 Å². The van der Waals surface area contributed by atoms with E-state index in [-0.39, 0.29) is 40.5 Å². The molecule has 8 nitrogen and oxygen atoms in total. The lowest BCUT2D eigenvalue weighted by Crippen LogP contribution is -2.56. The van der Waals surface area contributed by atoms with Gasteiger partial charge >= 0.3 is 0 Å². The van der Waals surface area contributed by atoms with Crippen molar-refractivity contribution in [1.29, 1.82) is 5.26 Å². The lowest BCUT2D eigenvalue weighted by molar-refractivity contribution is -0.148. The summed E-state index contributed by atoms with van der Waals surface area (Å²) in [5, 5.41) is 32.6. The Kier molecular flexibility index (Phi) is 11.4. The molecule has 14 rings (SSSR count). The normalized spacial score (nSPS) is 35.9. The Hall–Kier alpha value is -3.50. The van der Waals surface area contributed by atoms with Crippen molar-refractivity contribution >= 4 is 20.5 Å². The molecule has 4 aromatic rings. The van der Waals surface area contributed by atoms with E-state index in [9.17, 15) is 24.3 Å². The molecule has 8 aliphatic carbocycles. The number of hydrogen-bond donors (Lipinski definition) is 4. The average Bonchev–Trinajstić information content (AvgIpc) is 4.04. The van der Waals surface area contributed by atoms with Crippen LogP contribution < -0.4 is 5.73 Å². The first-order chi connectivity index (χ1) is 29.2. The monoisotopic (exact) mass is 832 g/mol. The fourth-order valence-electron chi connectivity index (χ4n) is 15.1. The van der Waals surface area contributed by atoms with Crippen LogP contribution >= 0.6 is 12.6 Å². The number of benzene rings is 2. The maximum atomic E-state index is 14.8. The lowest BCUT2D eigenvalue weighted by Gasteiger charge is -2.61. The standard InChI is InChI=1S/C23H28FN3O.C23H24FN3O.CH3B.CH4S/c2*24-18-3-1-2-16-20-11-26-12-27(20)19(22(16)18)6-21(28)23-7-13-4-14(8-23)17(10-25)15(5-13)9-23;2*1-2/h1-3,11-15,17,19,21,28H,4-10,25H2;1-3,11-15,17,19,21,28H,4-9H2;1H3;2H,1H3. The number of fused-ring (bicyclic) bond motifs is 6. The Labute approximate surface area is 360 Å². The summed E-state index contributed by atoms with van der Waals surface area (Å²) in [4.78, 5) is 8.55. The SMILES string of the molecule is CS.N#CC1C2CC3CC1CC(C(O)CC1c4c(F)cccc4-c4cncn41)(C3)C2.NCC1C2CC3CC1CC(C(O)CC1c4c(F)cccc4-c4cncn41)(C3)C2.[B]C. The number of imidazole rings is 2. The van der Waals surface area contributed by atoms with Gasteiger partial charge in [0.2, 0.25) is 0 Å². The summed E-state index contributed by atoms with van der Waals surface area (Å²) in [7, 11) is 4.50. The van der Waals surface area contributed by atoms with Crippen LogP contribution in [0.3, 0.4) is 0 Å². The predicted molar refractivity (Wildman–Crippen MR) is 233 cm³/mol. The van der Waals surface area contributed by atoms with Crippen molar-refractivity contribution in [1.82, 2.24) is 19.1 Å². The zero-order chi connectivity index (χ0) is 42.1. The number of aliphatic hydroxyl groups excluding tert-OH is 2. The number of aliphatic hydroxyl groups is 2. The first-order valence-corrected chi connectivity index (χ1v) is 23.2. The molecule has 12 heteroatoms. The zero-order valence-electron chi connectivity index (χ0n) is 34.9. The van der Waals surface area contributed by atoms with Gasteiger partial charge in [-0.2, -0.15) is 17.9 Å². The number of rotatable bonds is 7. The molecular weight excluding hydrogens is 773 g/mol. The van der Waals surface area contributed by atoms with E-state index in [0.29, 0.717) is 53.9 Å². The molecule has 2 aromatic heterocycles. The van der Waals surface area contributed by atoms with Crippen LogP contribution in [0.5, 0.6) is 0 Å². The molecule has 2 aliphatic heterocycles. The van der Waals surface area contributed by atoms with Gasteiger partial charge in [-0.25, -0.2) is 18.7 Å². The molecule has 2 aromatic carbocycles. The third-order valence-electron chi connectivity index (χ3n) is 16.9. The maximum Gasteiger partial charge on any atom is 0.129 e. The highest BCUT2D eigenvalue weighted by Gasteiger charge is 2.59. The Bertz CT molecular complexity index is 2210. The quantitative estimate of drug-likeness (QED) is 0.109. The molecule has 8 fully saturated rings. The summed E-state index contributed by atoms with van der Waals surface area (Å²) in [5.41, 5.74) is 11.1. The summed E-state index contributed by atoms with van der Waals surface area (Å²) in [6, 6.07) is 12.7.